The zero-order valence-corrected chi connectivity index (χ0v) is 17.7. The summed E-state index contributed by atoms with van der Waals surface area (Å²) in [5.41, 5.74) is 0.987. The van der Waals surface area contributed by atoms with Crippen LogP contribution in [0.4, 0.5) is 0 Å². The Bertz CT molecular complexity index is 859. The zero-order valence-electron chi connectivity index (χ0n) is 16.9. The first-order valence-electron chi connectivity index (χ1n) is 9.99. The molecule has 1 N–H and O–H groups in total. The van der Waals surface area contributed by atoms with Gasteiger partial charge in [0, 0.05) is 18.2 Å². The molecular formula is C21H27N5O2S. The fraction of sp³-hybridized carbons (Fsp3) is 0.524. The van der Waals surface area contributed by atoms with E-state index in [1.165, 1.54) is 31.0 Å². The lowest BCUT2D eigenvalue weighted by Gasteiger charge is -2.31. The molecule has 1 saturated carbocycles. The molecule has 2 aromatic rings. The lowest BCUT2D eigenvalue weighted by molar-refractivity contribution is -0.118. The zero-order chi connectivity index (χ0) is 20.6. The van der Waals surface area contributed by atoms with Gasteiger partial charge in [-0.05, 0) is 43.0 Å². The van der Waals surface area contributed by atoms with Gasteiger partial charge < -0.3 is 10.1 Å². The molecule has 0 saturated heterocycles. The average molecular weight is 414 g/mol. The first kappa shape index (κ1) is 21.2. The summed E-state index contributed by atoms with van der Waals surface area (Å²) in [5, 5.41) is 21.0. The maximum atomic E-state index is 12.1. The third-order valence-electron chi connectivity index (χ3n) is 5.30. The fourth-order valence-electron chi connectivity index (χ4n) is 3.73. The number of nitriles is 1. The van der Waals surface area contributed by atoms with Crippen LogP contribution in [0.25, 0.3) is 11.4 Å². The van der Waals surface area contributed by atoms with Crippen LogP contribution >= 0.6 is 11.8 Å². The van der Waals surface area contributed by atoms with E-state index in [0.717, 1.165) is 28.7 Å². The van der Waals surface area contributed by atoms with Crippen LogP contribution in [0.5, 0.6) is 5.75 Å². The minimum Gasteiger partial charge on any atom is -0.497 e. The summed E-state index contributed by atoms with van der Waals surface area (Å²) in [7, 11) is 1.65. The van der Waals surface area contributed by atoms with Crippen LogP contribution in [0, 0.1) is 17.2 Å². The minimum absolute atomic E-state index is 0.0949. The summed E-state index contributed by atoms with van der Waals surface area (Å²) in [5.74, 6) is 2.32. The molecule has 1 aromatic carbocycles. The second-order valence-corrected chi connectivity index (χ2v) is 8.22. The van der Waals surface area contributed by atoms with E-state index in [1.807, 2.05) is 30.3 Å². The van der Waals surface area contributed by atoms with Crippen LogP contribution in [0.1, 0.15) is 45.1 Å². The molecular weight excluding hydrogens is 386 g/mol. The maximum absolute atomic E-state index is 12.1. The number of thioether (sulfide) groups is 1. The van der Waals surface area contributed by atoms with Gasteiger partial charge in [0.2, 0.25) is 5.91 Å². The molecule has 8 heteroatoms. The summed E-state index contributed by atoms with van der Waals surface area (Å²) in [6, 6.07) is 10.2. The van der Waals surface area contributed by atoms with Gasteiger partial charge in [-0.3, -0.25) is 9.36 Å². The number of methoxy groups -OCH3 is 1. The number of rotatable bonds is 8. The second kappa shape index (κ2) is 10.3. The Morgan fingerprint density at radius 2 is 2.07 bits per heavy atom. The molecule has 29 heavy (non-hydrogen) atoms. The van der Waals surface area contributed by atoms with Crippen LogP contribution < -0.4 is 10.1 Å². The molecule has 0 spiro atoms. The maximum Gasteiger partial charge on any atom is 0.230 e. The van der Waals surface area contributed by atoms with Gasteiger partial charge in [-0.2, -0.15) is 5.26 Å². The number of hydrogen-bond acceptors (Lipinski definition) is 6. The smallest absolute Gasteiger partial charge is 0.230 e. The predicted octanol–water partition coefficient (Wildman–Crippen LogP) is 3.83. The Morgan fingerprint density at radius 3 is 2.76 bits per heavy atom. The molecule has 2 atom stereocenters. The van der Waals surface area contributed by atoms with Gasteiger partial charge in [0.15, 0.2) is 11.0 Å². The first-order chi connectivity index (χ1) is 14.1. The number of nitrogens with zero attached hydrogens (tertiary/aromatic N) is 4. The highest BCUT2D eigenvalue weighted by Gasteiger charge is 2.28. The number of ether oxygens (including phenoxy) is 1. The number of hydrogen-bond donors (Lipinski definition) is 1. The molecule has 154 valence electrons. The normalized spacial score (nSPS) is 18.8. The van der Waals surface area contributed by atoms with Crippen LogP contribution in [0.2, 0.25) is 0 Å². The Kier molecular flexibility index (Phi) is 7.53. The number of benzene rings is 1. The average Bonchev–Trinajstić information content (AvgIpc) is 3.16. The summed E-state index contributed by atoms with van der Waals surface area (Å²) in [6.07, 6.45) is 5.02. The van der Waals surface area contributed by atoms with Crippen molar-refractivity contribution in [2.75, 3.05) is 19.4 Å². The van der Waals surface area contributed by atoms with Gasteiger partial charge in [0.1, 0.15) is 5.75 Å². The van der Waals surface area contributed by atoms with Crippen LogP contribution in [0.15, 0.2) is 29.4 Å². The van der Waals surface area contributed by atoms with E-state index in [-0.39, 0.29) is 11.7 Å². The Balaban J connectivity index is 1.84. The van der Waals surface area contributed by atoms with E-state index in [9.17, 15) is 4.79 Å². The lowest BCUT2D eigenvalue weighted by atomic mass is 9.85. The van der Waals surface area contributed by atoms with Crippen molar-refractivity contribution in [2.45, 2.75) is 50.2 Å². The van der Waals surface area contributed by atoms with Crippen LogP contribution in [-0.2, 0) is 4.79 Å². The molecule has 7 nitrogen and oxygen atoms in total. The fourth-order valence-corrected chi connectivity index (χ4v) is 4.55. The molecule has 0 radical (unpaired) electrons. The first-order valence-corrected chi connectivity index (χ1v) is 11.0. The third-order valence-corrected chi connectivity index (χ3v) is 6.25. The highest BCUT2D eigenvalue weighted by atomic mass is 32.2. The van der Waals surface area contributed by atoms with Gasteiger partial charge in [-0.15, -0.1) is 10.2 Å². The number of amides is 1. The molecule has 0 unspecified atom stereocenters. The standard InChI is InChI=1S/C21H27N5O2S/c1-15-6-3-4-7-18(15)26-20(16-8-10-17(28-2)11-9-16)24-25-21(26)29-14-19(27)23-13-5-12-22/h8-11,15,18H,3-7,13-14H2,1-2H3,(H,23,27)/t15-,18-/m1/s1. The van der Waals surface area contributed by atoms with Crippen molar-refractivity contribution < 1.29 is 9.53 Å². The van der Waals surface area contributed by atoms with Crippen molar-refractivity contribution in [3.63, 3.8) is 0 Å². The molecule has 1 amide bonds. The Hall–Kier alpha value is -2.53. The van der Waals surface area contributed by atoms with E-state index in [2.05, 4.69) is 27.0 Å². The molecule has 1 aromatic heterocycles. The SMILES string of the molecule is COc1ccc(-c2nnc(SCC(=O)NCCC#N)n2[C@@H]2CCCC[C@H]2C)cc1. The summed E-state index contributed by atoms with van der Waals surface area (Å²) >= 11 is 1.40. The minimum atomic E-state index is -0.0949. The summed E-state index contributed by atoms with van der Waals surface area (Å²) in [6.45, 7) is 2.66. The van der Waals surface area contributed by atoms with Gasteiger partial charge in [-0.25, -0.2) is 0 Å². The van der Waals surface area contributed by atoms with Crippen molar-refractivity contribution in [1.29, 1.82) is 5.26 Å². The molecule has 3 rings (SSSR count). The Labute approximate surface area is 175 Å². The number of nitrogens with one attached hydrogen (secondary N) is 1. The third kappa shape index (κ3) is 5.30. The lowest BCUT2D eigenvalue weighted by Crippen LogP contribution is -2.26. The van der Waals surface area contributed by atoms with Crippen molar-refractivity contribution in [2.24, 2.45) is 5.92 Å². The van der Waals surface area contributed by atoms with E-state index >= 15 is 0 Å². The molecule has 1 fully saturated rings. The van der Waals surface area contributed by atoms with Gasteiger partial charge >= 0.3 is 0 Å². The monoisotopic (exact) mass is 413 g/mol. The molecule has 1 aliphatic rings. The topological polar surface area (TPSA) is 92.8 Å². The number of carbonyl (C=O) groups is 1. The van der Waals surface area contributed by atoms with E-state index in [4.69, 9.17) is 10.00 Å². The number of aromatic nitrogens is 3. The summed E-state index contributed by atoms with van der Waals surface area (Å²) in [4.78, 5) is 12.1. The second-order valence-electron chi connectivity index (χ2n) is 7.28. The Morgan fingerprint density at radius 1 is 1.31 bits per heavy atom. The number of carbonyl (C=O) groups excluding carboxylic acids is 1. The van der Waals surface area contributed by atoms with Gasteiger partial charge in [-0.1, -0.05) is 31.5 Å². The van der Waals surface area contributed by atoms with E-state index in [1.54, 1.807) is 7.11 Å². The molecule has 1 heterocycles. The summed E-state index contributed by atoms with van der Waals surface area (Å²) < 4.78 is 7.49. The van der Waals surface area contributed by atoms with Crippen LogP contribution in [-0.4, -0.2) is 40.1 Å². The molecule has 0 bridgehead atoms. The van der Waals surface area contributed by atoms with Gasteiger partial charge in [0.05, 0.1) is 25.4 Å². The highest BCUT2D eigenvalue weighted by Crippen LogP contribution is 2.39. The van der Waals surface area contributed by atoms with Crippen molar-refractivity contribution in [1.82, 2.24) is 20.1 Å². The largest absolute Gasteiger partial charge is 0.497 e. The van der Waals surface area contributed by atoms with Crippen LogP contribution in [0.3, 0.4) is 0 Å². The van der Waals surface area contributed by atoms with Crippen molar-refractivity contribution >= 4 is 17.7 Å². The van der Waals surface area contributed by atoms with Crippen molar-refractivity contribution in [3.05, 3.63) is 24.3 Å². The van der Waals surface area contributed by atoms with E-state index < -0.39 is 0 Å². The van der Waals surface area contributed by atoms with Crippen molar-refractivity contribution in [3.8, 4) is 23.2 Å². The quantitative estimate of drug-likeness (QED) is 0.522. The molecule has 0 aliphatic heterocycles. The highest BCUT2D eigenvalue weighted by molar-refractivity contribution is 7.99. The van der Waals surface area contributed by atoms with E-state index in [0.29, 0.717) is 24.9 Å². The van der Waals surface area contributed by atoms with Gasteiger partial charge in [0.25, 0.3) is 0 Å². The predicted molar refractivity (Wildman–Crippen MR) is 113 cm³/mol. The molecule has 1 aliphatic carbocycles.